The van der Waals surface area contributed by atoms with Crippen LogP contribution in [0.25, 0.3) is 0 Å². The molecule has 0 saturated heterocycles. The Balaban J connectivity index is 1.64. The van der Waals surface area contributed by atoms with Gasteiger partial charge in [-0.1, -0.05) is 61.0 Å². The van der Waals surface area contributed by atoms with Gasteiger partial charge in [0, 0.05) is 23.1 Å². The van der Waals surface area contributed by atoms with Crippen LogP contribution in [0.3, 0.4) is 0 Å². The van der Waals surface area contributed by atoms with Gasteiger partial charge in [-0.25, -0.2) is 0 Å². The van der Waals surface area contributed by atoms with Gasteiger partial charge < -0.3 is 5.32 Å². The number of halogens is 1. The first kappa shape index (κ1) is 17.9. The second-order valence-corrected chi connectivity index (χ2v) is 6.85. The van der Waals surface area contributed by atoms with Crippen LogP contribution < -0.4 is 5.32 Å². The summed E-state index contributed by atoms with van der Waals surface area (Å²) >= 11 is 7.89. The molecule has 0 aliphatic heterocycles. The van der Waals surface area contributed by atoms with Crippen LogP contribution in [0.15, 0.2) is 48.5 Å². The number of carbonyl (C=O) groups is 1. The normalized spacial score (nSPS) is 10.5. The molecule has 0 saturated carbocycles. The van der Waals surface area contributed by atoms with Crippen molar-refractivity contribution in [2.24, 2.45) is 0 Å². The Morgan fingerprint density at radius 3 is 2.48 bits per heavy atom. The van der Waals surface area contributed by atoms with Gasteiger partial charge in [0.05, 0.1) is 6.42 Å². The molecule has 0 radical (unpaired) electrons. The van der Waals surface area contributed by atoms with E-state index in [2.05, 4.69) is 24.4 Å². The summed E-state index contributed by atoms with van der Waals surface area (Å²) in [7, 11) is 0. The first-order valence-electron chi connectivity index (χ1n) is 7.84. The molecule has 2 nitrogen and oxygen atoms in total. The molecule has 0 heterocycles. The summed E-state index contributed by atoms with van der Waals surface area (Å²) in [6.45, 7) is 2.81. The molecule has 122 valence electrons. The number of amides is 1. The molecular weight excluding hydrogens is 326 g/mol. The molecule has 0 aliphatic rings. The van der Waals surface area contributed by atoms with E-state index in [1.807, 2.05) is 36.4 Å². The van der Waals surface area contributed by atoms with Gasteiger partial charge in [0.25, 0.3) is 0 Å². The summed E-state index contributed by atoms with van der Waals surface area (Å²) in [4.78, 5) is 11.9. The zero-order valence-corrected chi connectivity index (χ0v) is 14.9. The minimum absolute atomic E-state index is 0.0765. The highest BCUT2D eigenvalue weighted by Gasteiger charge is 2.03. The van der Waals surface area contributed by atoms with E-state index >= 15 is 0 Å². The van der Waals surface area contributed by atoms with Crippen molar-refractivity contribution in [3.8, 4) is 0 Å². The van der Waals surface area contributed by atoms with Crippen molar-refractivity contribution in [2.75, 3.05) is 12.3 Å². The number of hydrogen-bond donors (Lipinski definition) is 1. The molecule has 2 aromatic carbocycles. The maximum Gasteiger partial charge on any atom is 0.224 e. The maximum atomic E-state index is 11.9. The average molecular weight is 348 g/mol. The van der Waals surface area contributed by atoms with Crippen molar-refractivity contribution in [1.82, 2.24) is 5.32 Å². The Kier molecular flexibility index (Phi) is 7.50. The van der Waals surface area contributed by atoms with E-state index in [9.17, 15) is 4.79 Å². The monoisotopic (exact) mass is 347 g/mol. The van der Waals surface area contributed by atoms with Crippen LogP contribution in [-0.4, -0.2) is 18.2 Å². The van der Waals surface area contributed by atoms with E-state index in [1.165, 1.54) is 5.56 Å². The van der Waals surface area contributed by atoms with Gasteiger partial charge in [0.2, 0.25) is 5.91 Å². The molecule has 1 N–H and O–H groups in total. The lowest BCUT2D eigenvalue weighted by molar-refractivity contribution is -0.120. The Morgan fingerprint density at radius 2 is 1.78 bits per heavy atom. The fourth-order valence-corrected chi connectivity index (χ4v) is 3.35. The topological polar surface area (TPSA) is 29.1 Å². The van der Waals surface area contributed by atoms with Gasteiger partial charge in [-0.15, -0.1) is 0 Å². The second-order valence-electron chi connectivity index (χ2n) is 5.34. The van der Waals surface area contributed by atoms with Gasteiger partial charge in [-0.05, 0) is 29.2 Å². The molecule has 1 amide bonds. The summed E-state index contributed by atoms with van der Waals surface area (Å²) in [5, 5.41) is 3.77. The highest BCUT2D eigenvalue weighted by molar-refractivity contribution is 7.98. The molecule has 0 aromatic heterocycles. The minimum atomic E-state index is 0.0765. The molecule has 23 heavy (non-hydrogen) atoms. The van der Waals surface area contributed by atoms with Crippen LogP contribution >= 0.6 is 23.4 Å². The molecule has 2 aromatic rings. The molecule has 2 rings (SSSR count). The molecular formula is C19H22ClNOS. The molecule has 0 spiro atoms. The summed E-state index contributed by atoms with van der Waals surface area (Å²) in [6, 6.07) is 16.1. The molecule has 0 bridgehead atoms. The van der Waals surface area contributed by atoms with E-state index < -0.39 is 0 Å². The van der Waals surface area contributed by atoms with Gasteiger partial charge >= 0.3 is 0 Å². The lowest BCUT2D eigenvalue weighted by Gasteiger charge is -2.07. The molecule has 4 heteroatoms. The highest BCUT2D eigenvalue weighted by atomic mass is 35.5. The predicted molar refractivity (Wildman–Crippen MR) is 100 cm³/mol. The number of thioether (sulfide) groups is 1. The van der Waals surface area contributed by atoms with Crippen molar-refractivity contribution in [3.05, 3.63) is 70.2 Å². The van der Waals surface area contributed by atoms with Crippen molar-refractivity contribution < 1.29 is 4.79 Å². The van der Waals surface area contributed by atoms with Gasteiger partial charge in [0.15, 0.2) is 0 Å². The number of aryl methyl sites for hydroxylation is 1. The van der Waals surface area contributed by atoms with E-state index in [0.29, 0.717) is 13.0 Å². The van der Waals surface area contributed by atoms with Crippen molar-refractivity contribution in [2.45, 2.75) is 25.5 Å². The second kappa shape index (κ2) is 9.64. The summed E-state index contributed by atoms with van der Waals surface area (Å²) < 4.78 is 0. The minimum Gasteiger partial charge on any atom is -0.355 e. The average Bonchev–Trinajstić information content (AvgIpc) is 2.57. The number of carbonyl (C=O) groups excluding carboxylic acids is 1. The van der Waals surface area contributed by atoms with Crippen LogP contribution in [0, 0.1) is 0 Å². The van der Waals surface area contributed by atoms with Crippen LogP contribution in [0.4, 0.5) is 0 Å². The Hall–Kier alpha value is -1.45. The van der Waals surface area contributed by atoms with Crippen LogP contribution in [-0.2, 0) is 23.4 Å². The molecule has 0 fully saturated rings. The van der Waals surface area contributed by atoms with Crippen molar-refractivity contribution in [3.63, 3.8) is 0 Å². The maximum absolute atomic E-state index is 11.9. The summed E-state index contributed by atoms with van der Waals surface area (Å²) in [6.07, 6.45) is 1.47. The lowest BCUT2D eigenvalue weighted by Crippen LogP contribution is -2.27. The molecule has 0 unspecified atom stereocenters. The van der Waals surface area contributed by atoms with Crippen LogP contribution in [0.2, 0.25) is 5.02 Å². The number of benzene rings is 2. The predicted octanol–water partition coefficient (Wildman–Crippen LogP) is 4.49. The fourth-order valence-electron chi connectivity index (χ4n) is 2.20. The first-order chi connectivity index (χ1) is 11.2. The Morgan fingerprint density at radius 1 is 1.09 bits per heavy atom. The SMILES string of the molecule is CCc1ccc(CC(=O)NCCSCc2ccccc2Cl)cc1. The number of rotatable bonds is 8. The van der Waals surface area contributed by atoms with E-state index in [1.54, 1.807) is 11.8 Å². The van der Waals surface area contributed by atoms with Gasteiger partial charge in [-0.3, -0.25) is 4.79 Å². The Bertz CT molecular complexity index is 628. The summed E-state index contributed by atoms with van der Waals surface area (Å²) in [5.41, 5.74) is 3.50. The van der Waals surface area contributed by atoms with Crippen LogP contribution in [0.1, 0.15) is 23.6 Å². The van der Waals surface area contributed by atoms with Gasteiger partial charge in [0.1, 0.15) is 0 Å². The zero-order chi connectivity index (χ0) is 16.5. The highest BCUT2D eigenvalue weighted by Crippen LogP contribution is 2.20. The number of hydrogen-bond acceptors (Lipinski definition) is 2. The fraction of sp³-hybridized carbons (Fsp3) is 0.316. The third-order valence-corrected chi connectivity index (χ3v) is 4.96. The van der Waals surface area contributed by atoms with E-state index in [-0.39, 0.29) is 5.91 Å². The van der Waals surface area contributed by atoms with Crippen molar-refractivity contribution in [1.29, 1.82) is 0 Å². The quantitative estimate of drug-likeness (QED) is 0.712. The van der Waals surface area contributed by atoms with Crippen LogP contribution in [0.5, 0.6) is 0 Å². The first-order valence-corrected chi connectivity index (χ1v) is 9.38. The zero-order valence-electron chi connectivity index (χ0n) is 13.3. The molecule has 0 aliphatic carbocycles. The van der Waals surface area contributed by atoms with E-state index in [4.69, 9.17) is 11.6 Å². The Labute approximate surface area is 147 Å². The number of nitrogens with one attached hydrogen (secondary N) is 1. The van der Waals surface area contributed by atoms with E-state index in [0.717, 1.165) is 34.1 Å². The van der Waals surface area contributed by atoms with Crippen molar-refractivity contribution >= 4 is 29.3 Å². The lowest BCUT2D eigenvalue weighted by atomic mass is 10.1. The smallest absolute Gasteiger partial charge is 0.224 e. The summed E-state index contributed by atoms with van der Waals surface area (Å²) in [5.74, 6) is 1.83. The van der Waals surface area contributed by atoms with Gasteiger partial charge in [-0.2, -0.15) is 11.8 Å². The molecule has 0 atom stereocenters. The third kappa shape index (κ3) is 6.28. The standard InChI is InChI=1S/C19H22ClNOS/c1-2-15-7-9-16(10-8-15)13-19(22)21-11-12-23-14-17-5-3-4-6-18(17)20/h3-10H,2,11-14H2,1H3,(H,21,22). The third-order valence-electron chi connectivity index (χ3n) is 3.58. The largest absolute Gasteiger partial charge is 0.355 e.